The second kappa shape index (κ2) is 11.3. The Kier molecular flexibility index (Phi) is 7.79. The SMILES string of the molecule is COc1ccc(COc2c3ncc(Cc4ccc(F)cc4)cc3c(N(C)S(C)(=O)=O)c3cn(CC(C)=O)c(O)c23)cc1. The molecule has 3 aromatic carbocycles. The van der Waals surface area contributed by atoms with Crippen LogP contribution in [0.15, 0.2) is 67.0 Å². The number of nitrogens with zero attached hydrogens (tertiary/aromatic N) is 3. The second-order valence-electron chi connectivity index (χ2n) is 10.2. The molecule has 0 aliphatic rings. The molecule has 0 unspecified atom stereocenters. The molecule has 0 saturated heterocycles. The minimum atomic E-state index is -3.76. The first-order valence-electron chi connectivity index (χ1n) is 13.1. The fourth-order valence-electron chi connectivity index (χ4n) is 4.90. The monoisotopic (exact) mass is 591 g/mol. The third kappa shape index (κ3) is 5.73. The van der Waals surface area contributed by atoms with Crippen LogP contribution in [0.2, 0.25) is 0 Å². The summed E-state index contributed by atoms with van der Waals surface area (Å²) < 4.78 is 53.2. The standard InChI is InChI=1S/C31H30FN3O6S/c1-19(36)16-35-17-26-27(31(35)37)30(41-18-21-7-11-24(40-3)12-8-21)28-25(29(26)34(2)42(4,38)39)14-22(15-33-28)13-20-5-9-23(32)10-6-20/h5-12,14-15,17,37H,13,16,18H2,1-4H3. The fourth-order valence-corrected chi connectivity index (χ4v) is 5.43. The van der Waals surface area contributed by atoms with Gasteiger partial charge in [-0.3, -0.25) is 14.1 Å². The predicted molar refractivity (Wildman–Crippen MR) is 159 cm³/mol. The van der Waals surface area contributed by atoms with Gasteiger partial charge in [0.05, 0.1) is 31.0 Å². The maximum absolute atomic E-state index is 13.5. The number of sulfonamides is 1. The lowest BCUT2D eigenvalue weighted by molar-refractivity contribution is -0.117. The van der Waals surface area contributed by atoms with Crippen molar-refractivity contribution in [3.63, 3.8) is 0 Å². The average molecular weight is 592 g/mol. The van der Waals surface area contributed by atoms with Gasteiger partial charge in [-0.15, -0.1) is 0 Å². The van der Waals surface area contributed by atoms with Crippen LogP contribution in [0, 0.1) is 5.82 Å². The van der Waals surface area contributed by atoms with E-state index in [2.05, 4.69) is 0 Å². The Morgan fingerprint density at radius 1 is 1.05 bits per heavy atom. The van der Waals surface area contributed by atoms with Crippen molar-refractivity contribution in [3.05, 3.63) is 89.5 Å². The highest BCUT2D eigenvalue weighted by Gasteiger charge is 2.27. The van der Waals surface area contributed by atoms with Crippen LogP contribution in [0.25, 0.3) is 21.7 Å². The quantitative estimate of drug-likeness (QED) is 0.238. The molecule has 9 nitrogen and oxygen atoms in total. The van der Waals surface area contributed by atoms with Gasteiger partial charge in [-0.1, -0.05) is 24.3 Å². The first-order chi connectivity index (χ1) is 20.0. The van der Waals surface area contributed by atoms with Gasteiger partial charge in [-0.2, -0.15) is 0 Å². The highest BCUT2D eigenvalue weighted by Crippen LogP contribution is 2.47. The number of hydrogen-bond donors (Lipinski definition) is 1. The molecular weight excluding hydrogens is 561 g/mol. The third-order valence-electron chi connectivity index (χ3n) is 7.02. The molecule has 0 spiro atoms. The topological polar surface area (TPSA) is 111 Å². The fraction of sp³-hybridized carbons (Fsp3) is 0.226. The molecule has 2 aromatic heterocycles. The number of halogens is 1. The van der Waals surface area contributed by atoms with Crippen LogP contribution in [0.1, 0.15) is 23.6 Å². The van der Waals surface area contributed by atoms with Gasteiger partial charge in [-0.25, -0.2) is 12.8 Å². The molecule has 0 bridgehead atoms. The number of carbonyl (C=O) groups excluding carboxylic acids is 1. The number of hydrogen-bond acceptors (Lipinski definition) is 7. The molecule has 2 heterocycles. The van der Waals surface area contributed by atoms with Crippen molar-refractivity contribution in [1.82, 2.24) is 9.55 Å². The minimum absolute atomic E-state index is 0.117. The zero-order chi connectivity index (χ0) is 30.2. The Bertz CT molecular complexity index is 1900. The van der Waals surface area contributed by atoms with E-state index in [9.17, 15) is 22.7 Å². The Morgan fingerprint density at radius 3 is 2.33 bits per heavy atom. The lowest BCUT2D eigenvalue weighted by Crippen LogP contribution is -2.25. The van der Waals surface area contributed by atoms with Crippen LogP contribution in [0.5, 0.6) is 17.4 Å². The third-order valence-corrected chi connectivity index (χ3v) is 8.19. The summed E-state index contributed by atoms with van der Waals surface area (Å²) in [4.78, 5) is 16.7. The number of aromatic nitrogens is 2. The number of pyridine rings is 1. The summed E-state index contributed by atoms with van der Waals surface area (Å²) in [5.41, 5.74) is 3.04. The molecule has 11 heteroatoms. The maximum atomic E-state index is 13.5. The number of aromatic hydroxyl groups is 1. The van der Waals surface area contributed by atoms with E-state index in [1.807, 2.05) is 18.2 Å². The second-order valence-corrected chi connectivity index (χ2v) is 12.2. The minimum Gasteiger partial charge on any atom is -0.497 e. The van der Waals surface area contributed by atoms with Crippen molar-refractivity contribution in [1.29, 1.82) is 0 Å². The lowest BCUT2D eigenvalue weighted by atomic mass is 10.0. The van der Waals surface area contributed by atoms with Crippen molar-refractivity contribution >= 4 is 43.2 Å². The largest absolute Gasteiger partial charge is 0.497 e. The van der Waals surface area contributed by atoms with E-state index in [0.717, 1.165) is 27.3 Å². The summed E-state index contributed by atoms with van der Waals surface area (Å²) in [7, 11) is -0.762. The van der Waals surface area contributed by atoms with Gasteiger partial charge in [0.25, 0.3) is 0 Å². The van der Waals surface area contributed by atoms with Gasteiger partial charge in [0.2, 0.25) is 15.9 Å². The predicted octanol–water partition coefficient (Wildman–Crippen LogP) is 5.20. The van der Waals surface area contributed by atoms with Crippen molar-refractivity contribution in [2.75, 3.05) is 24.7 Å². The molecule has 0 amide bonds. The number of fused-ring (bicyclic) bond motifs is 2. The number of rotatable bonds is 10. The van der Waals surface area contributed by atoms with Crippen LogP contribution in [-0.4, -0.2) is 49.3 Å². The average Bonchev–Trinajstić information content (AvgIpc) is 3.26. The number of ether oxygens (including phenoxy) is 2. The molecular formula is C31H30FN3O6S. The Hall–Kier alpha value is -4.64. The maximum Gasteiger partial charge on any atom is 0.232 e. The summed E-state index contributed by atoms with van der Waals surface area (Å²) in [6, 6.07) is 15.2. The molecule has 0 fully saturated rings. The van der Waals surface area contributed by atoms with Gasteiger partial charge in [0.15, 0.2) is 5.75 Å². The van der Waals surface area contributed by atoms with Crippen molar-refractivity contribution in [2.24, 2.45) is 0 Å². The van der Waals surface area contributed by atoms with E-state index in [4.69, 9.17) is 14.5 Å². The molecule has 1 N–H and O–H groups in total. The molecule has 218 valence electrons. The van der Waals surface area contributed by atoms with Gasteiger partial charge < -0.3 is 19.1 Å². The van der Waals surface area contributed by atoms with Crippen LogP contribution in [-0.2, 0) is 34.4 Å². The molecule has 0 saturated carbocycles. The molecule has 0 aliphatic heterocycles. The van der Waals surface area contributed by atoms with Crippen molar-refractivity contribution < 1.29 is 32.2 Å². The van der Waals surface area contributed by atoms with Gasteiger partial charge in [0.1, 0.15) is 29.5 Å². The Labute approximate surface area is 242 Å². The molecule has 0 atom stereocenters. The highest BCUT2D eigenvalue weighted by molar-refractivity contribution is 7.92. The summed E-state index contributed by atoms with van der Waals surface area (Å²) in [5, 5.41) is 12.4. The number of benzene rings is 3. The van der Waals surface area contributed by atoms with E-state index in [1.165, 1.54) is 30.7 Å². The van der Waals surface area contributed by atoms with E-state index >= 15 is 0 Å². The summed E-state index contributed by atoms with van der Waals surface area (Å²) in [5.74, 6) is 0.146. The number of Topliss-reactive ketones (excluding diaryl/α,β-unsaturated/α-hetero) is 1. The number of anilines is 1. The molecule has 0 aliphatic carbocycles. The van der Waals surface area contributed by atoms with E-state index < -0.39 is 10.0 Å². The molecule has 5 rings (SSSR count). The highest BCUT2D eigenvalue weighted by atomic mass is 32.2. The summed E-state index contributed by atoms with van der Waals surface area (Å²) in [6.07, 6.45) is 4.70. The van der Waals surface area contributed by atoms with Gasteiger partial charge in [-0.05, 0) is 60.4 Å². The molecule has 0 radical (unpaired) electrons. The summed E-state index contributed by atoms with van der Waals surface area (Å²) in [6.45, 7) is 1.39. The van der Waals surface area contributed by atoms with Crippen LogP contribution in [0.3, 0.4) is 0 Å². The van der Waals surface area contributed by atoms with Crippen molar-refractivity contribution in [2.45, 2.75) is 26.5 Å². The van der Waals surface area contributed by atoms with E-state index in [-0.39, 0.29) is 47.5 Å². The van der Waals surface area contributed by atoms with Crippen molar-refractivity contribution in [3.8, 4) is 17.4 Å². The van der Waals surface area contributed by atoms with Crippen LogP contribution < -0.4 is 13.8 Å². The summed E-state index contributed by atoms with van der Waals surface area (Å²) >= 11 is 0. The first kappa shape index (κ1) is 28.9. The van der Waals surface area contributed by atoms with Crippen LogP contribution >= 0.6 is 0 Å². The van der Waals surface area contributed by atoms with Gasteiger partial charge in [0, 0.05) is 30.2 Å². The normalized spacial score (nSPS) is 11.6. The first-order valence-corrected chi connectivity index (χ1v) is 14.9. The number of ketones is 1. The lowest BCUT2D eigenvalue weighted by Gasteiger charge is -2.22. The smallest absolute Gasteiger partial charge is 0.232 e. The molecule has 5 aromatic rings. The molecule has 42 heavy (non-hydrogen) atoms. The van der Waals surface area contributed by atoms with Crippen LogP contribution in [0.4, 0.5) is 10.1 Å². The number of methoxy groups -OCH3 is 1. The van der Waals surface area contributed by atoms with Gasteiger partial charge >= 0.3 is 0 Å². The Balaban J connectivity index is 1.76. The Morgan fingerprint density at radius 2 is 1.71 bits per heavy atom. The van der Waals surface area contributed by atoms with E-state index in [0.29, 0.717) is 28.5 Å². The zero-order valence-electron chi connectivity index (χ0n) is 23.6. The number of carbonyl (C=O) groups is 1. The van der Waals surface area contributed by atoms with E-state index in [1.54, 1.807) is 43.8 Å². The zero-order valence-corrected chi connectivity index (χ0v) is 24.4.